The number of para-hydroxylation sites is 3. The number of pyridine rings is 2. The van der Waals surface area contributed by atoms with Crippen LogP contribution in [0.1, 0.15) is 184 Å². The average Bonchev–Trinajstić information content (AvgIpc) is 1.65. The van der Waals surface area contributed by atoms with Crippen molar-refractivity contribution in [2.75, 3.05) is 107 Å². The van der Waals surface area contributed by atoms with Gasteiger partial charge in [-0.3, -0.25) is 34.4 Å². The van der Waals surface area contributed by atoms with Crippen molar-refractivity contribution in [3.8, 4) is 46.0 Å². The van der Waals surface area contributed by atoms with Crippen LogP contribution in [-0.4, -0.2) is 173 Å². The van der Waals surface area contributed by atoms with Gasteiger partial charge >= 0.3 is 12.0 Å². The zero-order valence-corrected chi connectivity index (χ0v) is 85.2. The number of carbonyl (C=O) groups excluding carboxylic acids is 5. The number of rotatable bonds is 17. The Morgan fingerprint density at radius 1 is 0.601 bits per heavy atom. The summed E-state index contributed by atoms with van der Waals surface area (Å²) in [6.45, 7) is 15.1. The molecule has 0 bridgehead atoms. The Bertz CT molecular complexity index is 6270. The molecule has 3 atom stereocenters. The van der Waals surface area contributed by atoms with Gasteiger partial charge in [-0.15, -0.1) is 47.0 Å². The predicted octanol–water partition coefficient (Wildman–Crippen LogP) is 23.1. The molecular weight excluding hydrogens is 1880 g/mol. The summed E-state index contributed by atoms with van der Waals surface area (Å²) in [5.74, 6) is 10.9. The van der Waals surface area contributed by atoms with Crippen LogP contribution in [-0.2, 0) is 36.8 Å². The fourth-order valence-corrected chi connectivity index (χ4v) is 28.3. The molecule has 27 nitrogen and oxygen atoms in total. The molecule has 4 amide bonds. The number of anilines is 6. The van der Waals surface area contributed by atoms with Crippen molar-refractivity contribution in [1.29, 1.82) is 0 Å². The van der Waals surface area contributed by atoms with E-state index in [9.17, 15) is 34.1 Å². The van der Waals surface area contributed by atoms with Gasteiger partial charge in [-0.05, 0) is 209 Å². The van der Waals surface area contributed by atoms with Crippen LogP contribution in [0.15, 0.2) is 247 Å². The van der Waals surface area contributed by atoms with Crippen LogP contribution in [0.25, 0.3) is 17.6 Å². The van der Waals surface area contributed by atoms with E-state index in [1.165, 1.54) is 107 Å². The van der Waals surface area contributed by atoms with E-state index in [1.807, 2.05) is 193 Å². The number of aromatic nitrogens is 4. The Morgan fingerprint density at radius 2 is 1.18 bits per heavy atom. The molecule has 5 fully saturated rings. The summed E-state index contributed by atoms with van der Waals surface area (Å²) in [7, 11) is 1.60. The van der Waals surface area contributed by atoms with Gasteiger partial charge in [0.25, 0.3) is 17.5 Å². The average molecular weight is 2010 g/mol. The van der Waals surface area contributed by atoms with Gasteiger partial charge in [0.15, 0.2) is 52.8 Å². The quantitative estimate of drug-likeness (QED) is 0.0330. The van der Waals surface area contributed by atoms with E-state index < -0.39 is 4.92 Å². The lowest BCUT2D eigenvalue weighted by molar-refractivity contribution is -0.384. The lowest BCUT2D eigenvalue weighted by Crippen LogP contribution is -2.49. The fraction of sp³-hybridized carbons (Fsp3) is 0.402. The van der Waals surface area contributed by atoms with Crippen LogP contribution in [0.3, 0.4) is 0 Å². The number of hydrogen-bond acceptors (Lipinski definition) is 26. The molecule has 3 aromatic heterocycles. The lowest BCUT2D eigenvalue weighted by Gasteiger charge is -2.53. The molecule has 746 valence electrons. The van der Waals surface area contributed by atoms with Gasteiger partial charge in [-0.2, -0.15) is 0 Å². The van der Waals surface area contributed by atoms with Gasteiger partial charge in [-0.25, -0.2) is 24.5 Å². The number of esters is 1. The number of Topliss-reactive ketones (excluding diaryl/α,β-unsaturated/α-hetero) is 1. The number of nitro groups is 1. The first kappa shape index (κ1) is 100. The van der Waals surface area contributed by atoms with E-state index >= 15 is 0 Å². The Morgan fingerprint density at radius 3 is 1.82 bits per heavy atom. The highest BCUT2D eigenvalue weighted by atomic mass is 32.2. The molecule has 3 N–H and O–H groups in total. The number of nitrogens with one attached hydrogen (secondary N) is 3. The van der Waals surface area contributed by atoms with Gasteiger partial charge in [0.05, 0.1) is 61.1 Å². The number of non-ortho nitro benzene ring substituents is 1. The largest absolute Gasteiger partial charge is 0.491 e. The third-order valence-electron chi connectivity index (χ3n) is 28.0. The summed E-state index contributed by atoms with van der Waals surface area (Å²) in [5.41, 5.74) is 15.6. The van der Waals surface area contributed by atoms with Crippen molar-refractivity contribution >= 4 is 123 Å². The highest BCUT2D eigenvalue weighted by Gasteiger charge is 2.58. The number of methoxy groups -OCH3 is 1. The number of fused-ring (bicyclic) bond motifs is 12. The molecule has 13 heterocycles. The first-order chi connectivity index (χ1) is 69.6. The fourth-order valence-electron chi connectivity index (χ4n) is 21.5. The second-order valence-corrected chi connectivity index (χ2v) is 44.7. The normalized spacial score (nSPS) is 19.9. The third-order valence-corrected chi connectivity index (χ3v) is 34.9. The van der Waals surface area contributed by atoms with Crippen molar-refractivity contribution in [3.05, 3.63) is 285 Å². The number of ether oxygens (including phenoxy) is 7. The van der Waals surface area contributed by atoms with E-state index in [0.29, 0.717) is 70.4 Å². The van der Waals surface area contributed by atoms with Crippen molar-refractivity contribution in [2.24, 2.45) is 5.41 Å². The molecule has 0 radical (unpaired) electrons. The Labute approximate surface area is 853 Å². The Kier molecular flexibility index (Phi) is 32.5. The van der Waals surface area contributed by atoms with Gasteiger partial charge in [0.1, 0.15) is 23.4 Å². The summed E-state index contributed by atoms with van der Waals surface area (Å²) in [5, 5.41) is 19.5. The summed E-state index contributed by atoms with van der Waals surface area (Å²) in [4.78, 5) is 103. The Balaban J connectivity index is 0.000000113. The molecule has 10 aromatic rings. The molecule has 3 unspecified atom stereocenters. The van der Waals surface area contributed by atoms with E-state index in [2.05, 4.69) is 113 Å². The van der Waals surface area contributed by atoms with Crippen LogP contribution in [0, 0.1) is 15.5 Å². The first-order valence-electron chi connectivity index (χ1n) is 50.1. The minimum atomic E-state index is -0.473. The van der Waals surface area contributed by atoms with E-state index in [0.717, 1.165) is 167 Å². The topological polar surface area (TPSA) is 297 Å². The second-order valence-electron chi connectivity index (χ2n) is 38.6. The number of hydrogen-bond donors (Lipinski definition) is 3. The van der Waals surface area contributed by atoms with Crippen LogP contribution in [0.4, 0.5) is 44.9 Å². The molecule has 2 saturated carbocycles. The van der Waals surface area contributed by atoms with Crippen LogP contribution < -0.4 is 59.1 Å². The summed E-state index contributed by atoms with van der Waals surface area (Å²) < 4.78 is 37.9. The molecule has 10 aliphatic heterocycles. The number of thioether (sulfide) groups is 4. The third kappa shape index (κ3) is 23.7. The highest BCUT2D eigenvalue weighted by Crippen LogP contribution is 2.64. The maximum atomic E-state index is 13.2. The van der Waals surface area contributed by atoms with Crippen molar-refractivity contribution in [1.82, 2.24) is 29.7 Å². The number of nitrogens with zero attached hydrogens (tertiary/aromatic N) is 10. The summed E-state index contributed by atoms with van der Waals surface area (Å²) >= 11 is 8.00. The number of urea groups is 1. The zero-order valence-electron chi connectivity index (χ0n) is 81.9. The summed E-state index contributed by atoms with van der Waals surface area (Å²) in [6, 6.07) is 64.7. The number of amides is 4. The minimum absolute atomic E-state index is 0.00500. The molecule has 23 rings (SSSR count). The number of benzene rings is 7. The van der Waals surface area contributed by atoms with E-state index in [-0.39, 0.29) is 87.5 Å². The smallest absolute Gasteiger partial charge is 0.338 e. The second kappa shape index (κ2) is 46.3. The zero-order chi connectivity index (χ0) is 99.0. The molecule has 3 aliphatic carbocycles. The van der Waals surface area contributed by atoms with Crippen LogP contribution in [0.5, 0.6) is 34.5 Å². The van der Waals surface area contributed by atoms with Crippen molar-refractivity contribution in [2.45, 2.75) is 201 Å². The van der Waals surface area contributed by atoms with Gasteiger partial charge < -0.3 is 68.7 Å². The Hall–Kier alpha value is -12.7. The van der Waals surface area contributed by atoms with E-state index in [1.54, 1.807) is 50.0 Å². The van der Waals surface area contributed by atoms with Gasteiger partial charge in [0, 0.05) is 146 Å². The molecule has 31 heteroatoms. The number of piperidine rings is 1. The van der Waals surface area contributed by atoms with Gasteiger partial charge in [-0.1, -0.05) is 149 Å². The standard InChI is InChI=1S/C21H22N2O3.C21H23NO4.C21H25NOS2.C18H20N4O3.C18H19NO2S2.C13H16N4O/c24-21(12-10-16-9-11-18-19(14-16)26-15-25-18)23(17-6-2-1-3-7-17)20-8-4-5-13-22-20;23-21(14-24-18-11-12-19-20(13-18)26-15-25-19)22(16-7-3-1-4-8-16)17-9-5-2-6-10-17;1-20(2)11-17-19(18(23)13-20)21(24-9-10-25-21)12-16-15-6-4-3-5-14(15)7-8-22(16)17;23-18(19-14-8-10-15(11-9-14)22(24)25)20-16-6-2-3-7-17(16)21-12-4-1-5-13-21;1-11-16-15(17(20)21-11)18(22-8-9-23-18)10-14-13-5-3-2-4-12(13)6-7-19(14)16;1-9(2)16-13-11(18-3)8-15-12(17-13)10-6-4-5-7-14-10/h4-5,8-14,17H,1-3,6-7,15H2;1,3-4,7-8,11-13,17H,2,5-6,9-10,14-15H2;3-6,16H,7-13H2,1-2H3;2-3,6-11H,1,4-5,12-13H2,(H2,19,20,23);2-5,11,14H,6-10H2,1H3;4-9H,1-3H3,(H,15,16,17)/b12-10+;;;;;. The SMILES string of the molecule is CC1(C)CC(=O)C2=C(C1)N1CCc3ccccc3C1CC21SCCS1.CC1OC(=O)C2=C1N1CCc3ccccc3C1CC21SCCS1.COc1cnc(-c2ccccn2)nc1NC(C)C.O=C(/C=C/c1ccc2c(c1)OCO2)N(c1ccccn1)C1CCCCC1.O=C(COc1ccc2c(c1)OCO2)N(c1ccccc1)C1CCCCC1.O=C(Nc1ccc([N+](=O)[O-])cc1)Nc1ccccc1N1CCCCC1. The highest BCUT2D eigenvalue weighted by molar-refractivity contribution is 8.22. The maximum Gasteiger partial charge on any atom is 0.338 e. The molecular formula is C112H125N13O14S4. The molecule has 3 saturated heterocycles. The monoisotopic (exact) mass is 2000 g/mol. The van der Waals surface area contributed by atoms with Crippen LogP contribution >= 0.6 is 47.0 Å². The number of cyclic esters (lactones) is 1. The lowest BCUT2D eigenvalue weighted by atomic mass is 9.71. The first-order valence-corrected chi connectivity index (χ1v) is 54.0. The number of carbonyl (C=O) groups is 5. The van der Waals surface area contributed by atoms with Crippen LogP contribution in [0.2, 0.25) is 0 Å². The van der Waals surface area contributed by atoms with Crippen molar-refractivity contribution in [3.63, 3.8) is 0 Å². The molecule has 7 aromatic carbocycles. The predicted molar refractivity (Wildman–Crippen MR) is 569 cm³/mol. The van der Waals surface area contributed by atoms with E-state index in [4.69, 9.17) is 33.2 Å². The minimum Gasteiger partial charge on any atom is -0.491 e. The number of ketones is 1. The van der Waals surface area contributed by atoms with Gasteiger partial charge in [0.2, 0.25) is 13.6 Å². The molecule has 143 heavy (non-hydrogen) atoms. The van der Waals surface area contributed by atoms with Crippen molar-refractivity contribution < 1.29 is 62.1 Å². The summed E-state index contributed by atoms with van der Waals surface area (Å²) in [6.07, 6.45) is 29.3. The molecule has 13 aliphatic rings. The molecule has 2 spiro atoms. The maximum absolute atomic E-state index is 13.2. The number of allylic oxidation sites excluding steroid dienone is 1. The number of nitro benzene ring substituents is 1.